The van der Waals surface area contributed by atoms with Crippen LogP contribution in [0.2, 0.25) is 0 Å². The first-order valence-electron chi connectivity index (χ1n) is 7.21. The fraction of sp³-hybridized carbons (Fsp3) is 0.467. The fourth-order valence-electron chi connectivity index (χ4n) is 2.97. The number of guanidine groups is 1. The van der Waals surface area contributed by atoms with E-state index in [2.05, 4.69) is 15.3 Å². The largest absolute Gasteiger partial charge is 0.370 e. The topological polar surface area (TPSA) is 62.8 Å². The van der Waals surface area contributed by atoms with Crippen LogP contribution in [0.3, 0.4) is 0 Å². The van der Waals surface area contributed by atoms with E-state index >= 15 is 0 Å². The molecule has 3 rings (SSSR count). The molecule has 1 aromatic carbocycles. The van der Waals surface area contributed by atoms with Crippen LogP contribution < -0.4 is 11.1 Å². The van der Waals surface area contributed by atoms with Crippen molar-refractivity contribution in [1.82, 2.24) is 5.32 Å². The van der Waals surface area contributed by atoms with E-state index < -0.39 is 17.3 Å². The third-order valence-electron chi connectivity index (χ3n) is 3.97. The van der Waals surface area contributed by atoms with Crippen LogP contribution in [-0.4, -0.2) is 17.5 Å². The van der Waals surface area contributed by atoms with E-state index in [0.717, 1.165) is 31.7 Å². The molecule has 1 heterocycles. The Kier molecular flexibility index (Phi) is 3.61. The van der Waals surface area contributed by atoms with Crippen molar-refractivity contribution < 1.29 is 8.78 Å². The molecule has 1 aliphatic carbocycles. The zero-order valence-corrected chi connectivity index (χ0v) is 11.7. The monoisotopic (exact) mass is 292 g/mol. The molecule has 3 N–H and O–H groups in total. The maximum Gasteiger partial charge on any atom is 0.196 e. The molecule has 0 atom stereocenters. The number of benzene rings is 1. The van der Waals surface area contributed by atoms with E-state index in [-0.39, 0.29) is 6.42 Å². The second kappa shape index (κ2) is 5.42. The Morgan fingerprint density at radius 1 is 1.14 bits per heavy atom. The quantitative estimate of drug-likeness (QED) is 0.879. The Balaban J connectivity index is 1.84. The van der Waals surface area contributed by atoms with E-state index in [4.69, 9.17) is 5.73 Å². The van der Waals surface area contributed by atoms with Gasteiger partial charge < -0.3 is 11.1 Å². The molecule has 1 saturated carbocycles. The molecule has 0 amide bonds. The van der Waals surface area contributed by atoms with Gasteiger partial charge in [-0.15, -0.1) is 0 Å². The molecule has 4 nitrogen and oxygen atoms in total. The van der Waals surface area contributed by atoms with Gasteiger partial charge in [0.1, 0.15) is 17.5 Å². The molecule has 6 heteroatoms. The lowest BCUT2D eigenvalue weighted by atomic mass is 9.89. The number of nitrogens with zero attached hydrogens (tertiary/aromatic N) is 2. The van der Waals surface area contributed by atoms with Crippen LogP contribution in [0.15, 0.2) is 28.2 Å². The predicted molar refractivity (Wildman–Crippen MR) is 78.1 cm³/mol. The van der Waals surface area contributed by atoms with Crippen LogP contribution in [0.5, 0.6) is 0 Å². The van der Waals surface area contributed by atoms with Crippen LogP contribution in [0.25, 0.3) is 0 Å². The smallest absolute Gasteiger partial charge is 0.196 e. The van der Waals surface area contributed by atoms with Crippen molar-refractivity contribution in [2.24, 2.45) is 15.7 Å². The molecular weight excluding hydrogens is 274 g/mol. The average molecular weight is 292 g/mol. The number of nitrogens with two attached hydrogens (primary N) is 1. The highest BCUT2D eigenvalue weighted by atomic mass is 19.1. The average Bonchev–Trinajstić information content (AvgIpc) is 2.42. The number of halogens is 2. The van der Waals surface area contributed by atoms with Gasteiger partial charge in [0.15, 0.2) is 11.6 Å². The van der Waals surface area contributed by atoms with Crippen LogP contribution >= 0.6 is 0 Å². The van der Waals surface area contributed by atoms with Gasteiger partial charge in [-0.2, -0.15) is 0 Å². The SMILES string of the molecule is NC1=NC2(CCCCC2)N=C(Cc2ccc(F)cc2F)N1. The molecule has 0 aromatic heterocycles. The minimum atomic E-state index is -0.584. The third-order valence-corrected chi connectivity index (χ3v) is 3.97. The lowest BCUT2D eigenvalue weighted by Crippen LogP contribution is -2.47. The summed E-state index contributed by atoms with van der Waals surface area (Å²) < 4.78 is 26.7. The summed E-state index contributed by atoms with van der Waals surface area (Å²) in [6.07, 6.45) is 5.30. The molecule has 0 radical (unpaired) electrons. The molecule has 112 valence electrons. The molecule has 1 fully saturated rings. The second-order valence-corrected chi connectivity index (χ2v) is 5.64. The maximum atomic E-state index is 13.8. The van der Waals surface area contributed by atoms with Crippen molar-refractivity contribution in [3.05, 3.63) is 35.4 Å². The van der Waals surface area contributed by atoms with Gasteiger partial charge in [0.05, 0.1) is 0 Å². The first kappa shape index (κ1) is 14.0. The Bertz CT molecular complexity index is 604. The van der Waals surface area contributed by atoms with Gasteiger partial charge >= 0.3 is 0 Å². The number of hydrogen-bond acceptors (Lipinski definition) is 4. The van der Waals surface area contributed by atoms with Crippen molar-refractivity contribution in [2.45, 2.75) is 44.2 Å². The summed E-state index contributed by atoms with van der Waals surface area (Å²) >= 11 is 0. The van der Waals surface area contributed by atoms with Gasteiger partial charge in [-0.1, -0.05) is 12.5 Å². The Morgan fingerprint density at radius 3 is 2.62 bits per heavy atom. The van der Waals surface area contributed by atoms with Gasteiger partial charge in [-0.3, -0.25) is 0 Å². The van der Waals surface area contributed by atoms with Crippen LogP contribution in [0, 0.1) is 11.6 Å². The van der Waals surface area contributed by atoms with E-state index in [1.165, 1.54) is 18.6 Å². The fourth-order valence-corrected chi connectivity index (χ4v) is 2.97. The number of hydrogen-bond donors (Lipinski definition) is 2. The summed E-state index contributed by atoms with van der Waals surface area (Å²) in [5, 5.41) is 2.90. The predicted octanol–water partition coefficient (Wildman–Crippen LogP) is 2.48. The van der Waals surface area contributed by atoms with Crippen LogP contribution in [0.4, 0.5) is 8.78 Å². The van der Waals surface area contributed by atoms with Gasteiger partial charge in [-0.25, -0.2) is 18.8 Å². The van der Waals surface area contributed by atoms with E-state index in [1.54, 1.807) is 0 Å². The zero-order valence-electron chi connectivity index (χ0n) is 11.7. The van der Waals surface area contributed by atoms with Crippen molar-refractivity contribution in [3.63, 3.8) is 0 Å². The van der Waals surface area contributed by atoms with Gasteiger partial charge in [0.25, 0.3) is 0 Å². The van der Waals surface area contributed by atoms with Crippen molar-refractivity contribution in [3.8, 4) is 0 Å². The summed E-state index contributed by atoms with van der Waals surface area (Å²) in [6, 6.07) is 3.56. The number of amidine groups is 1. The molecule has 21 heavy (non-hydrogen) atoms. The highest BCUT2D eigenvalue weighted by Gasteiger charge is 2.34. The van der Waals surface area contributed by atoms with Crippen LogP contribution in [0.1, 0.15) is 37.7 Å². The number of rotatable bonds is 2. The third kappa shape index (κ3) is 3.04. The number of nitrogens with one attached hydrogen (secondary N) is 1. The zero-order chi connectivity index (χ0) is 14.9. The molecule has 1 spiro atoms. The summed E-state index contributed by atoms with van der Waals surface area (Å²) in [5.41, 5.74) is 5.76. The van der Waals surface area contributed by atoms with Crippen LogP contribution in [-0.2, 0) is 6.42 Å². The molecule has 1 aromatic rings. The maximum absolute atomic E-state index is 13.8. The van der Waals surface area contributed by atoms with Crippen molar-refractivity contribution in [2.75, 3.05) is 0 Å². The van der Waals surface area contributed by atoms with E-state index in [1.807, 2.05) is 0 Å². The van der Waals surface area contributed by atoms with Crippen molar-refractivity contribution in [1.29, 1.82) is 0 Å². The summed E-state index contributed by atoms with van der Waals surface area (Å²) in [7, 11) is 0. The van der Waals surface area contributed by atoms with E-state index in [9.17, 15) is 8.78 Å². The normalized spacial score (nSPS) is 20.7. The molecule has 2 aliphatic rings. The standard InChI is InChI=1S/C15H18F2N4/c16-11-5-4-10(12(17)9-11)8-13-19-14(18)21-15(20-13)6-2-1-3-7-15/h4-5,9H,1-3,6-8H2,(H3,18,19,20,21). The first-order valence-corrected chi connectivity index (χ1v) is 7.21. The molecule has 1 aliphatic heterocycles. The first-order chi connectivity index (χ1) is 10.1. The highest BCUT2D eigenvalue weighted by Crippen LogP contribution is 2.34. The Morgan fingerprint density at radius 2 is 1.90 bits per heavy atom. The minimum absolute atomic E-state index is 0.254. The lowest BCUT2D eigenvalue weighted by molar-refractivity contribution is 0.306. The number of aliphatic imine (C=N–C) groups is 2. The minimum Gasteiger partial charge on any atom is -0.370 e. The van der Waals surface area contributed by atoms with Crippen molar-refractivity contribution >= 4 is 11.8 Å². The van der Waals surface area contributed by atoms with Gasteiger partial charge in [0.2, 0.25) is 0 Å². The molecular formula is C15H18F2N4. The summed E-state index contributed by atoms with van der Waals surface area (Å²) in [4.78, 5) is 9.10. The molecule has 0 bridgehead atoms. The van der Waals surface area contributed by atoms with Gasteiger partial charge in [0, 0.05) is 12.5 Å². The van der Waals surface area contributed by atoms with E-state index in [0.29, 0.717) is 17.4 Å². The second-order valence-electron chi connectivity index (χ2n) is 5.64. The summed E-state index contributed by atoms with van der Waals surface area (Å²) in [5.74, 6) is -0.239. The summed E-state index contributed by atoms with van der Waals surface area (Å²) in [6.45, 7) is 0. The molecule has 0 saturated heterocycles. The lowest BCUT2D eigenvalue weighted by Gasteiger charge is -2.34. The molecule has 0 unspecified atom stereocenters. The van der Waals surface area contributed by atoms with Gasteiger partial charge in [-0.05, 0) is 37.3 Å². The Hall–Kier alpha value is -1.98. The Labute approximate surface area is 122 Å². The highest BCUT2D eigenvalue weighted by molar-refractivity contribution is 6.01.